The molecular formula is C14H20N4O. The molecule has 0 aliphatic heterocycles. The first-order chi connectivity index (χ1) is 9.10. The van der Waals surface area contributed by atoms with E-state index in [2.05, 4.69) is 19.9 Å². The maximum Gasteiger partial charge on any atom is 0.207 e. The molecule has 0 spiro atoms. The van der Waals surface area contributed by atoms with Gasteiger partial charge < -0.3 is 14.6 Å². The molecule has 2 rings (SSSR count). The third-order valence-corrected chi connectivity index (χ3v) is 2.90. The van der Waals surface area contributed by atoms with Crippen LogP contribution in [0.1, 0.15) is 17.1 Å². The van der Waals surface area contributed by atoms with Crippen LogP contribution in [0.5, 0.6) is 0 Å². The summed E-state index contributed by atoms with van der Waals surface area (Å²) in [7, 11) is 1.70. The minimum atomic E-state index is 0.662. The Morgan fingerprint density at radius 1 is 1.16 bits per heavy atom. The summed E-state index contributed by atoms with van der Waals surface area (Å²) in [5.41, 5.74) is 3.95. The molecule has 0 unspecified atom stereocenters. The zero-order valence-electron chi connectivity index (χ0n) is 11.9. The van der Waals surface area contributed by atoms with Crippen molar-refractivity contribution in [1.82, 2.24) is 14.5 Å². The fraction of sp³-hybridized carbons (Fsp3) is 0.429. The van der Waals surface area contributed by atoms with E-state index in [0.717, 1.165) is 35.3 Å². The smallest absolute Gasteiger partial charge is 0.207 e. The minimum absolute atomic E-state index is 0.662. The van der Waals surface area contributed by atoms with E-state index in [1.165, 1.54) is 0 Å². The number of nitrogens with zero attached hydrogens (tertiary/aromatic N) is 3. The maximum atomic E-state index is 5.11. The van der Waals surface area contributed by atoms with Crippen LogP contribution >= 0.6 is 0 Å². The Kier molecular flexibility index (Phi) is 4.16. The van der Waals surface area contributed by atoms with E-state index in [4.69, 9.17) is 4.74 Å². The molecule has 0 radical (unpaired) electrons. The number of hydrogen-bond acceptors (Lipinski definition) is 4. The second-order valence-corrected chi connectivity index (χ2v) is 4.60. The third kappa shape index (κ3) is 3.32. The van der Waals surface area contributed by atoms with E-state index in [9.17, 15) is 0 Å². The highest BCUT2D eigenvalue weighted by Crippen LogP contribution is 2.19. The highest BCUT2D eigenvalue weighted by Gasteiger charge is 2.07. The van der Waals surface area contributed by atoms with Crippen LogP contribution in [0, 0.1) is 20.8 Å². The number of methoxy groups -OCH3 is 1. The van der Waals surface area contributed by atoms with Crippen LogP contribution in [0.2, 0.25) is 0 Å². The number of rotatable bonds is 5. The summed E-state index contributed by atoms with van der Waals surface area (Å²) in [5, 5.41) is 3.33. The van der Waals surface area contributed by atoms with Gasteiger partial charge in [0.25, 0.3) is 0 Å². The molecule has 0 saturated carbocycles. The first-order valence-electron chi connectivity index (χ1n) is 6.34. The minimum Gasteiger partial charge on any atom is -0.383 e. The molecule has 0 aromatic carbocycles. The molecule has 2 heterocycles. The Balaban J connectivity index is 2.22. The molecule has 2 aromatic rings. The number of ether oxygens (including phenoxy) is 1. The third-order valence-electron chi connectivity index (χ3n) is 2.90. The molecule has 0 bridgehead atoms. The summed E-state index contributed by atoms with van der Waals surface area (Å²) in [6.07, 6.45) is 2.01. The van der Waals surface area contributed by atoms with Gasteiger partial charge in [0.05, 0.1) is 23.7 Å². The SMILES string of the molecule is COCCn1cc(C)nc1Nc1ccc(C)nc1C. The molecule has 102 valence electrons. The van der Waals surface area contributed by atoms with Crippen molar-refractivity contribution in [2.45, 2.75) is 27.3 Å². The van der Waals surface area contributed by atoms with Crippen LogP contribution in [0.25, 0.3) is 0 Å². The van der Waals surface area contributed by atoms with E-state index in [0.29, 0.717) is 6.61 Å². The number of imidazole rings is 1. The summed E-state index contributed by atoms with van der Waals surface area (Å²) in [4.78, 5) is 8.94. The summed E-state index contributed by atoms with van der Waals surface area (Å²) in [5.74, 6) is 0.823. The molecule has 5 heteroatoms. The van der Waals surface area contributed by atoms with Crippen LogP contribution in [-0.4, -0.2) is 28.3 Å². The molecule has 2 aromatic heterocycles. The highest BCUT2D eigenvalue weighted by molar-refractivity contribution is 5.56. The molecule has 0 fully saturated rings. The molecule has 0 amide bonds. The average molecular weight is 260 g/mol. The molecular weight excluding hydrogens is 240 g/mol. The fourth-order valence-corrected chi connectivity index (χ4v) is 1.95. The summed E-state index contributed by atoms with van der Waals surface area (Å²) in [6.45, 7) is 7.40. The molecule has 0 saturated heterocycles. The van der Waals surface area contributed by atoms with Gasteiger partial charge in [-0.15, -0.1) is 0 Å². The number of anilines is 2. The monoisotopic (exact) mass is 260 g/mol. The average Bonchev–Trinajstić information content (AvgIpc) is 2.70. The van der Waals surface area contributed by atoms with Crippen molar-refractivity contribution < 1.29 is 4.74 Å². The lowest BCUT2D eigenvalue weighted by Gasteiger charge is -2.11. The van der Waals surface area contributed by atoms with Gasteiger partial charge in [0.1, 0.15) is 0 Å². The van der Waals surface area contributed by atoms with Crippen LogP contribution < -0.4 is 5.32 Å². The molecule has 5 nitrogen and oxygen atoms in total. The lowest BCUT2D eigenvalue weighted by atomic mass is 10.3. The lowest BCUT2D eigenvalue weighted by Crippen LogP contribution is -2.08. The van der Waals surface area contributed by atoms with Gasteiger partial charge in [0.15, 0.2) is 0 Å². The maximum absolute atomic E-state index is 5.11. The Hall–Kier alpha value is -1.88. The van der Waals surface area contributed by atoms with Gasteiger partial charge in [-0.2, -0.15) is 0 Å². The number of nitrogens with one attached hydrogen (secondary N) is 1. The second kappa shape index (κ2) is 5.84. The van der Waals surface area contributed by atoms with E-state index in [1.54, 1.807) is 7.11 Å². The van der Waals surface area contributed by atoms with Crippen molar-refractivity contribution in [3.05, 3.63) is 35.4 Å². The number of aryl methyl sites for hydroxylation is 3. The summed E-state index contributed by atoms with van der Waals surface area (Å²) < 4.78 is 7.16. The Morgan fingerprint density at radius 2 is 1.95 bits per heavy atom. The van der Waals surface area contributed by atoms with E-state index >= 15 is 0 Å². The summed E-state index contributed by atoms with van der Waals surface area (Å²) >= 11 is 0. The van der Waals surface area contributed by atoms with Crippen LogP contribution in [0.4, 0.5) is 11.6 Å². The largest absolute Gasteiger partial charge is 0.383 e. The van der Waals surface area contributed by atoms with Crippen LogP contribution in [-0.2, 0) is 11.3 Å². The van der Waals surface area contributed by atoms with Crippen molar-refractivity contribution >= 4 is 11.6 Å². The molecule has 0 aliphatic rings. The highest BCUT2D eigenvalue weighted by atomic mass is 16.5. The van der Waals surface area contributed by atoms with Gasteiger partial charge >= 0.3 is 0 Å². The first kappa shape index (κ1) is 13.5. The van der Waals surface area contributed by atoms with Gasteiger partial charge in [-0.1, -0.05) is 0 Å². The predicted molar refractivity (Wildman–Crippen MR) is 75.8 cm³/mol. The Morgan fingerprint density at radius 3 is 2.63 bits per heavy atom. The zero-order valence-corrected chi connectivity index (χ0v) is 11.9. The van der Waals surface area contributed by atoms with Crippen molar-refractivity contribution in [2.75, 3.05) is 19.0 Å². The van der Waals surface area contributed by atoms with Gasteiger partial charge in [0, 0.05) is 25.5 Å². The molecule has 0 aliphatic carbocycles. The van der Waals surface area contributed by atoms with Crippen LogP contribution in [0.15, 0.2) is 18.3 Å². The van der Waals surface area contributed by atoms with Crippen molar-refractivity contribution in [3.63, 3.8) is 0 Å². The van der Waals surface area contributed by atoms with Gasteiger partial charge in [-0.05, 0) is 32.9 Å². The van der Waals surface area contributed by atoms with Gasteiger partial charge in [0.2, 0.25) is 5.95 Å². The first-order valence-corrected chi connectivity index (χ1v) is 6.34. The standard InChI is InChI=1S/C14H20N4O/c1-10-5-6-13(12(3)15-10)17-14-16-11(2)9-18(14)7-8-19-4/h5-6,9H,7-8H2,1-4H3,(H,16,17). The quantitative estimate of drug-likeness (QED) is 0.897. The van der Waals surface area contributed by atoms with Crippen molar-refractivity contribution in [2.24, 2.45) is 0 Å². The van der Waals surface area contributed by atoms with Crippen molar-refractivity contribution in [1.29, 1.82) is 0 Å². The number of aromatic nitrogens is 3. The number of hydrogen-bond donors (Lipinski definition) is 1. The Bertz CT molecular complexity index is 563. The number of pyridine rings is 1. The second-order valence-electron chi connectivity index (χ2n) is 4.60. The fourth-order valence-electron chi connectivity index (χ4n) is 1.95. The zero-order chi connectivity index (χ0) is 13.8. The van der Waals surface area contributed by atoms with Gasteiger partial charge in [-0.25, -0.2) is 4.98 Å². The molecule has 1 N–H and O–H groups in total. The predicted octanol–water partition coefficient (Wildman–Crippen LogP) is 2.59. The Labute approximate surface area is 113 Å². The van der Waals surface area contributed by atoms with Crippen LogP contribution in [0.3, 0.4) is 0 Å². The van der Waals surface area contributed by atoms with Crippen molar-refractivity contribution in [3.8, 4) is 0 Å². The normalized spacial score (nSPS) is 10.7. The molecule has 19 heavy (non-hydrogen) atoms. The summed E-state index contributed by atoms with van der Waals surface area (Å²) in [6, 6.07) is 4.02. The van der Waals surface area contributed by atoms with Gasteiger partial charge in [-0.3, -0.25) is 4.98 Å². The van der Waals surface area contributed by atoms with E-state index in [-0.39, 0.29) is 0 Å². The molecule has 0 atom stereocenters. The topological polar surface area (TPSA) is 52.0 Å². The van der Waals surface area contributed by atoms with E-state index < -0.39 is 0 Å². The van der Waals surface area contributed by atoms with E-state index in [1.807, 2.05) is 39.1 Å². The lowest BCUT2D eigenvalue weighted by molar-refractivity contribution is 0.188.